The smallest absolute Gasteiger partial charge is 0.246 e. The number of piperazine rings is 1. The Balaban J connectivity index is 1.38. The number of hydrogen-bond donors (Lipinski definition) is 0. The molecule has 0 atom stereocenters. The van der Waals surface area contributed by atoms with Crippen molar-refractivity contribution in [2.75, 3.05) is 31.1 Å². The van der Waals surface area contributed by atoms with Gasteiger partial charge in [0.1, 0.15) is 10.3 Å². The highest BCUT2D eigenvalue weighted by Gasteiger charge is 2.22. The highest BCUT2D eigenvalue weighted by molar-refractivity contribution is 7.21. The molecule has 5 nitrogen and oxygen atoms in total. The molecule has 0 unspecified atom stereocenters. The Labute approximate surface area is 163 Å². The molecule has 4 rings (SSSR count). The standard InChI is InChI=1S/C21H22N4OS/c1-15-5-6-17(16(2)14-15)7-8-19(26)24-10-12-25(13-11-24)21-23-18-4-3-9-22-20(18)27-21/h3-9,14H,10-13H2,1-2H3/b8-7+. The van der Waals surface area contributed by atoms with Gasteiger partial charge in [-0.15, -0.1) is 0 Å². The van der Waals surface area contributed by atoms with Gasteiger partial charge in [0, 0.05) is 38.5 Å². The Bertz CT molecular complexity index is 969. The molecule has 1 aliphatic rings. The van der Waals surface area contributed by atoms with Crippen LogP contribution in [0.1, 0.15) is 16.7 Å². The summed E-state index contributed by atoms with van der Waals surface area (Å²) in [5.74, 6) is 0.0700. The summed E-state index contributed by atoms with van der Waals surface area (Å²) in [4.78, 5) is 26.7. The van der Waals surface area contributed by atoms with Crippen molar-refractivity contribution < 1.29 is 4.79 Å². The van der Waals surface area contributed by atoms with Gasteiger partial charge in [-0.05, 0) is 43.2 Å². The minimum atomic E-state index is 0.0700. The van der Waals surface area contributed by atoms with Gasteiger partial charge in [0.05, 0.1) is 0 Å². The first kappa shape index (κ1) is 17.7. The highest BCUT2D eigenvalue weighted by atomic mass is 32.1. The van der Waals surface area contributed by atoms with E-state index in [1.165, 1.54) is 11.1 Å². The van der Waals surface area contributed by atoms with E-state index in [0.717, 1.165) is 34.1 Å². The van der Waals surface area contributed by atoms with E-state index in [-0.39, 0.29) is 5.91 Å². The first-order chi connectivity index (χ1) is 13.1. The lowest BCUT2D eigenvalue weighted by Crippen LogP contribution is -2.48. The quantitative estimate of drug-likeness (QED) is 0.653. The van der Waals surface area contributed by atoms with Crippen LogP contribution in [0.4, 0.5) is 5.13 Å². The average Bonchev–Trinajstić information content (AvgIpc) is 3.11. The first-order valence-corrected chi connectivity index (χ1v) is 9.92. The van der Waals surface area contributed by atoms with Crippen LogP contribution in [0, 0.1) is 13.8 Å². The van der Waals surface area contributed by atoms with Crippen LogP contribution in [0.2, 0.25) is 0 Å². The molecule has 27 heavy (non-hydrogen) atoms. The molecule has 3 aromatic rings. The molecule has 0 spiro atoms. The van der Waals surface area contributed by atoms with Crippen molar-refractivity contribution in [3.63, 3.8) is 0 Å². The second-order valence-electron chi connectivity index (χ2n) is 6.83. The van der Waals surface area contributed by atoms with Gasteiger partial charge < -0.3 is 9.80 Å². The molecular weight excluding hydrogens is 356 g/mol. The number of hydrogen-bond acceptors (Lipinski definition) is 5. The number of nitrogens with zero attached hydrogens (tertiary/aromatic N) is 4. The minimum absolute atomic E-state index is 0.0700. The minimum Gasteiger partial charge on any atom is -0.344 e. The zero-order valence-corrected chi connectivity index (χ0v) is 16.4. The van der Waals surface area contributed by atoms with E-state index in [2.05, 4.69) is 46.9 Å². The summed E-state index contributed by atoms with van der Waals surface area (Å²) in [5, 5.41) is 0.988. The van der Waals surface area contributed by atoms with Crippen molar-refractivity contribution in [2.45, 2.75) is 13.8 Å². The van der Waals surface area contributed by atoms with E-state index in [9.17, 15) is 4.79 Å². The molecular formula is C21H22N4OS. The molecule has 0 N–H and O–H groups in total. The lowest BCUT2D eigenvalue weighted by Gasteiger charge is -2.34. The van der Waals surface area contributed by atoms with Crippen molar-refractivity contribution >= 4 is 38.8 Å². The lowest BCUT2D eigenvalue weighted by molar-refractivity contribution is -0.126. The monoisotopic (exact) mass is 378 g/mol. The maximum absolute atomic E-state index is 12.5. The van der Waals surface area contributed by atoms with Gasteiger partial charge in [-0.25, -0.2) is 9.97 Å². The van der Waals surface area contributed by atoms with Gasteiger partial charge >= 0.3 is 0 Å². The summed E-state index contributed by atoms with van der Waals surface area (Å²) in [6.07, 6.45) is 5.40. The number of anilines is 1. The molecule has 1 fully saturated rings. The Morgan fingerprint density at radius 3 is 2.70 bits per heavy atom. The van der Waals surface area contributed by atoms with E-state index in [4.69, 9.17) is 0 Å². The number of rotatable bonds is 3. The van der Waals surface area contributed by atoms with E-state index in [1.807, 2.05) is 23.1 Å². The second-order valence-corrected chi connectivity index (χ2v) is 7.79. The fourth-order valence-corrected chi connectivity index (χ4v) is 4.25. The number of carbonyl (C=O) groups is 1. The Morgan fingerprint density at radius 2 is 1.96 bits per heavy atom. The zero-order valence-electron chi connectivity index (χ0n) is 15.6. The first-order valence-electron chi connectivity index (χ1n) is 9.11. The summed E-state index contributed by atoms with van der Waals surface area (Å²) >= 11 is 1.61. The third kappa shape index (κ3) is 3.85. The number of thiazole rings is 1. The average molecular weight is 379 g/mol. The van der Waals surface area contributed by atoms with Crippen molar-refractivity contribution in [3.8, 4) is 0 Å². The Hall–Kier alpha value is -2.73. The topological polar surface area (TPSA) is 49.3 Å². The zero-order chi connectivity index (χ0) is 18.8. The van der Waals surface area contributed by atoms with E-state index in [0.29, 0.717) is 13.1 Å². The SMILES string of the molecule is Cc1ccc(/C=C/C(=O)N2CCN(c3nc4cccnc4s3)CC2)c(C)c1. The number of fused-ring (bicyclic) bond motifs is 1. The number of amides is 1. The molecule has 3 heterocycles. The van der Waals surface area contributed by atoms with Crippen molar-refractivity contribution in [1.82, 2.24) is 14.9 Å². The van der Waals surface area contributed by atoms with E-state index < -0.39 is 0 Å². The molecule has 6 heteroatoms. The van der Waals surface area contributed by atoms with Crippen LogP contribution in [0.15, 0.2) is 42.6 Å². The summed E-state index contributed by atoms with van der Waals surface area (Å²) in [7, 11) is 0. The highest BCUT2D eigenvalue weighted by Crippen LogP contribution is 2.27. The molecule has 0 aliphatic carbocycles. The molecule has 0 saturated carbocycles. The summed E-state index contributed by atoms with van der Waals surface area (Å²) in [6, 6.07) is 10.2. The van der Waals surface area contributed by atoms with Crippen molar-refractivity contribution in [1.29, 1.82) is 0 Å². The molecule has 1 saturated heterocycles. The number of aryl methyl sites for hydroxylation is 2. The van der Waals surface area contributed by atoms with Gasteiger partial charge in [0.15, 0.2) is 5.13 Å². The van der Waals surface area contributed by atoms with Gasteiger partial charge in [-0.3, -0.25) is 4.79 Å². The van der Waals surface area contributed by atoms with Crippen LogP contribution in [-0.2, 0) is 4.79 Å². The largest absolute Gasteiger partial charge is 0.344 e. The Morgan fingerprint density at radius 1 is 1.15 bits per heavy atom. The third-order valence-corrected chi connectivity index (χ3v) is 5.89. The molecule has 1 aromatic carbocycles. The fourth-order valence-electron chi connectivity index (χ4n) is 3.29. The number of carbonyl (C=O) groups excluding carboxylic acids is 1. The number of benzene rings is 1. The molecule has 1 aliphatic heterocycles. The van der Waals surface area contributed by atoms with Crippen LogP contribution in [0.5, 0.6) is 0 Å². The predicted molar refractivity (Wildman–Crippen MR) is 111 cm³/mol. The molecule has 138 valence electrons. The molecule has 0 bridgehead atoms. The van der Waals surface area contributed by atoms with Crippen LogP contribution in [-0.4, -0.2) is 47.0 Å². The molecule has 1 amide bonds. The Kier molecular flexibility index (Phi) is 4.90. The maximum atomic E-state index is 12.5. The summed E-state index contributed by atoms with van der Waals surface area (Å²) in [6.45, 7) is 7.15. The second kappa shape index (κ2) is 7.48. The normalized spacial score (nSPS) is 15.0. The van der Waals surface area contributed by atoms with Crippen molar-refractivity contribution in [3.05, 3.63) is 59.3 Å². The summed E-state index contributed by atoms with van der Waals surface area (Å²) < 4.78 is 0. The van der Waals surface area contributed by atoms with Crippen molar-refractivity contribution in [2.24, 2.45) is 0 Å². The molecule has 2 aromatic heterocycles. The van der Waals surface area contributed by atoms with Gasteiger partial charge in [0.2, 0.25) is 5.91 Å². The van der Waals surface area contributed by atoms with E-state index >= 15 is 0 Å². The van der Waals surface area contributed by atoms with Gasteiger partial charge in [0.25, 0.3) is 0 Å². The van der Waals surface area contributed by atoms with Crippen LogP contribution in [0.25, 0.3) is 16.4 Å². The van der Waals surface area contributed by atoms with Crippen LogP contribution in [0.3, 0.4) is 0 Å². The van der Waals surface area contributed by atoms with Gasteiger partial charge in [-0.2, -0.15) is 0 Å². The lowest BCUT2D eigenvalue weighted by atomic mass is 10.1. The third-order valence-electron chi connectivity index (χ3n) is 4.85. The number of aromatic nitrogens is 2. The van der Waals surface area contributed by atoms with E-state index in [1.54, 1.807) is 23.6 Å². The number of pyridine rings is 1. The van der Waals surface area contributed by atoms with Gasteiger partial charge in [-0.1, -0.05) is 35.1 Å². The maximum Gasteiger partial charge on any atom is 0.246 e. The predicted octanol–water partition coefficient (Wildman–Crippen LogP) is 3.67. The fraction of sp³-hybridized carbons (Fsp3) is 0.286. The van der Waals surface area contributed by atoms with Crippen LogP contribution >= 0.6 is 11.3 Å². The molecule has 0 radical (unpaired) electrons. The summed E-state index contributed by atoms with van der Waals surface area (Å²) in [5.41, 5.74) is 4.45. The van der Waals surface area contributed by atoms with Crippen LogP contribution < -0.4 is 4.90 Å².